The van der Waals surface area contributed by atoms with Crippen LogP contribution in [-0.4, -0.2) is 28.6 Å². The van der Waals surface area contributed by atoms with E-state index in [0.29, 0.717) is 18.2 Å². The molecule has 0 fully saturated rings. The van der Waals surface area contributed by atoms with Gasteiger partial charge in [-0.15, -0.1) is 11.3 Å². The molecule has 0 unspecified atom stereocenters. The molecule has 1 amide bonds. The van der Waals surface area contributed by atoms with Gasteiger partial charge in [-0.1, -0.05) is 48.4 Å². The van der Waals surface area contributed by atoms with Crippen LogP contribution >= 0.6 is 22.9 Å². The van der Waals surface area contributed by atoms with Crippen LogP contribution in [0.3, 0.4) is 0 Å². The number of carbonyl (C=O) groups excluding carboxylic acids is 1. The number of fused-ring (bicyclic) bond motifs is 1. The summed E-state index contributed by atoms with van der Waals surface area (Å²) in [6.45, 7) is 2.14. The van der Waals surface area contributed by atoms with Gasteiger partial charge in [0.25, 0.3) is 5.91 Å². The highest BCUT2D eigenvalue weighted by Gasteiger charge is 2.11. The zero-order valence-electron chi connectivity index (χ0n) is 18.5. The van der Waals surface area contributed by atoms with Crippen LogP contribution in [0.15, 0.2) is 66.0 Å². The number of imidazole rings is 1. The Bertz CT molecular complexity index is 1170. The summed E-state index contributed by atoms with van der Waals surface area (Å²) < 4.78 is 8.17. The largest absolute Gasteiger partial charge is 0.492 e. The molecular weight excluding hydrogens is 454 g/mol. The Hall–Kier alpha value is -2.83. The molecular formula is C26H28ClN3O2S. The summed E-state index contributed by atoms with van der Waals surface area (Å²) in [6.07, 6.45) is 4.83. The van der Waals surface area contributed by atoms with Gasteiger partial charge >= 0.3 is 0 Å². The molecule has 0 aliphatic carbocycles. The Labute approximate surface area is 203 Å². The third kappa shape index (κ3) is 6.36. The van der Waals surface area contributed by atoms with Crippen molar-refractivity contribution in [3.8, 4) is 5.75 Å². The van der Waals surface area contributed by atoms with Crippen LogP contribution in [0.4, 0.5) is 0 Å². The van der Waals surface area contributed by atoms with Gasteiger partial charge in [-0.3, -0.25) is 4.79 Å². The molecule has 4 rings (SSSR count). The first-order valence-corrected chi connectivity index (χ1v) is 12.6. The van der Waals surface area contributed by atoms with Crippen molar-refractivity contribution in [1.29, 1.82) is 0 Å². The molecule has 0 saturated heterocycles. The summed E-state index contributed by atoms with van der Waals surface area (Å²) in [6, 6.07) is 19.6. The Kier molecular flexibility index (Phi) is 8.39. The monoisotopic (exact) mass is 481 g/mol. The molecule has 1 N–H and O–H groups in total. The van der Waals surface area contributed by atoms with E-state index >= 15 is 0 Å². The Morgan fingerprint density at radius 1 is 1.00 bits per heavy atom. The van der Waals surface area contributed by atoms with Crippen LogP contribution < -0.4 is 10.1 Å². The Balaban J connectivity index is 1.26. The molecule has 0 saturated carbocycles. The molecule has 2 heterocycles. The number of amides is 1. The number of aryl methyl sites for hydroxylation is 2. The fourth-order valence-corrected chi connectivity index (χ4v) is 4.64. The van der Waals surface area contributed by atoms with Crippen molar-refractivity contribution in [2.24, 2.45) is 0 Å². The first-order chi connectivity index (χ1) is 16.2. The number of para-hydroxylation sites is 3. The van der Waals surface area contributed by atoms with Crippen LogP contribution in [0.2, 0.25) is 5.02 Å². The first kappa shape index (κ1) is 23.3. The van der Waals surface area contributed by atoms with Crippen LogP contribution in [0.5, 0.6) is 5.75 Å². The van der Waals surface area contributed by atoms with E-state index in [-0.39, 0.29) is 5.91 Å². The lowest BCUT2D eigenvalue weighted by Crippen LogP contribution is -2.23. The zero-order chi connectivity index (χ0) is 22.9. The predicted octanol–water partition coefficient (Wildman–Crippen LogP) is 6.36. The van der Waals surface area contributed by atoms with E-state index < -0.39 is 0 Å². The van der Waals surface area contributed by atoms with E-state index in [0.717, 1.165) is 66.1 Å². The number of hydrogen-bond acceptors (Lipinski definition) is 4. The Morgan fingerprint density at radius 2 is 1.85 bits per heavy atom. The minimum Gasteiger partial charge on any atom is -0.492 e. The molecule has 4 aromatic rings. The lowest BCUT2D eigenvalue weighted by molar-refractivity contribution is 0.0957. The van der Waals surface area contributed by atoms with Gasteiger partial charge in [0, 0.05) is 19.5 Å². The maximum atomic E-state index is 12.0. The molecule has 0 bridgehead atoms. The van der Waals surface area contributed by atoms with E-state index in [1.165, 1.54) is 11.3 Å². The molecule has 0 aliphatic heterocycles. The standard InChI is InChI=1S/C26H28ClN3O2S/c27-20-10-3-6-13-23(20)32-18-9-17-30-22-12-5-4-11-21(22)29-25(30)15-2-1-7-16-28-26(31)24-14-8-19-33-24/h3-6,8,10-14,19H,1-2,7,9,15-18H2,(H,28,31). The number of nitrogens with one attached hydrogen (secondary N) is 1. The maximum absolute atomic E-state index is 12.0. The van der Waals surface area contributed by atoms with Crippen LogP contribution in [0.25, 0.3) is 11.0 Å². The van der Waals surface area contributed by atoms with Crippen molar-refractivity contribution in [2.75, 3.05) is 13.2 Å². The molecule has 7 heteroatoms. The van der Waals surface area contributed by atoms with Gasteiger partial charge < -0.3 is 14.6 Å². The van der Waals surface area contributed by atoms with Gasteiger partial charge in [0.15, 0.2) is 0 Å². The highest BCUT2D eigenvalue weighted by molar-refractivity contribution is 7.12. The molecule has 0 aliphatic rings. The molecule has 5 nitrogen and oxygen atoms in total. The smallest absolute Gasteiger partial charge is 0.261 e. The number of nitrogens with zero attached hydrogens (tertiary/aromatic N) is 2. The van der Waals surface area contributed by atoms with E-state index in [2.05, 4.69) is 28.1 Å². The second kappa shape index (κ2) is 11.9. The second-order valence-electron chi connectivity index (χ2n) is 7.84. The van der Waals surface area contributed by atoms with Crippen LogP contribution in [-0.2, 0) is 13.0 Å². The van der Waals surface area contributed by atoms with Gasteiger partial charge in [0.05, 0.1) is 27.5 Å². The predicted molar refractivity (Wildman–Crippen MR) is 136 cm³/mol. The number of thiophene rings is 1. The minimum absolute atomic E-state index is 0.0193. The van der Waals surface area contributed by atoms with E-state index in [9.17, 15) is 4.79 Å². The number of ether oxygens (including phenoxy) is 1. The van der Waals surface area contributed by atoms with Crippen molar-refractivity contribution in [1.82, 2.24) is 14.9 Å². The highest BCUT2D eigenvalue weighted by atomic mass is 35.5. The first-order valence-electron chi connectivity index (χ1n) is 11.4. The number of halogens is 1. The topological polar surface area (TPSA) is 56.2 Å². The molecule has 172 valence electrons. The minimum atomic E-state index is 0.0193. The normalized spacial score (nSPS) is 11.1. The number of rotatable bonds is 12. The molecule has 0 spiro atoms. The summed E-state index contributed by atoms with van der Waals surface area (Å²) >= 11 is 7.65. The third-order valence-electron chi connectivity index (χ3n) is 5.46. The SMILES string of the molecule is O=C(NCCCCCc1nc2ccccc2n1CCCOc1ccccc1Cl)c1cccs1. The van der Waals surface area contributed by atoms with Crippen LogP contribution in [0, 0.1) is 0 Å². The quantitative estimate of drug-likeness (QED) is 0.239. The summed E-state index contributed by atoms with van der Waals surface area (Å²) in [5.41, 5.74) is 2.19. The molecule has 0 radical (unpaired) electrons. The van der Waals surface area contributed by atoms with Gasteiger partial charge in [-0.05, 0) is 55.0 Å². The van der Waals surface area contributed by atoms with Gasteiger partial charge in [-0.25, -0.2) is 4.98 Å². The zero-order valence-corrected chi connectivity index (χ0v) is 20.1. The fourth-order valence-electron chi connectivity index (χ4n) is 3.81. The lowest BCUT2D eigenvalue weighted by atomic mass is 10.2. The number of carbonyl (C=O) groups is 1. The maximum Gasteiger partial charge on any atom is 0.261 e. The van der Waals surface area contributed by atoms with E-state index in [1.54, 1.807) is 0 Å². The Morgan fingerprint density at radius 3 is 2.70 bits per heavy atom. The fraction of sp³-hybridized carbons (Fsp3) is 0.308. The van der Waals surface area contributed by atoms with Crippen molar-refractivity contribution in [3.05, 3.63) is 81.8 Å². The third-order valence-corrected chi connectivity index (χ3v) is 6.64. The summed E-state index contributed by atoms with van der Waals surface area (Å²) in [5.74, 6) is 1.85. The number of benzene rings is 2. The average molecular weight is 482 g/mol. The second-order valence-corrected chi connectivity index (χ2v) is 9.20. The van der Waals surface area contributed by atoms with E-state index in [4.69, 9.17) is 21.3 Å². The van der Waals surface area contributed by atoms with Gasteiger partial charge in [-0.2, -0.15) is 0 Å². The summed E-state index contributed by atoms with van der Waals surface area (Å²) in [4.78, 5) is 17.6. The number of hydrogen-bond donors (Lipinski definition) is 1. The van der Waals surface area contributed by atoms with Gasteiger partial charge in [0.1, 0.15) is 11.6 Å². The van der Waals surface area contributed by atoms with E-state index in [1.807, 2.05) is 47.8 Å². The van der Waals surface area contributed by atoms with Crippen molar-refractivity contribution in [3.63, 3.8) is 0 Å². The van der Waals surface area contributed by atoms with Crippen molar-refractivity contribution in [2.45, 2.75) is 38.6 Å². The van der Waals surface area contributed by atoms with Crippen molar-refractivity contribution < 1.29 is 9.53 Å². The average Bonchev–Trinajstić information content (AvgIpc) is 3.48. The lowest BCUT2D eigenvalue weighted by Gasteiger charge is -2.11. The molecule has 33 heavy (non-hydrogen) atoms. The number of aromatic nitrogens is 2. The van der Waals surface area contributed by atoms with Crippen molar-refractivity contribution >= 4 is 39.9 Å². The van der Waals surface area contributed by atoms with Gasteiger partial charge in [0.2, 0.25) is 0 Å². The molecule has 2 aromatic heterocycles. The highest BCUT2D eigenvalue weighted by Crippen LogP contribution is 2.23. The summed E-state index contributed by atoms with van der Waals surface area (Å²) in [7, 11) is 0. The molecule has 0 atom stereocenters. The molecule has 2 aromatic carbocycles. The number of unbranched alkanes of at least 4 members (excludes halogenated alkanes) is 2. The summed E-state index contributed by atoms with van der Waals surface area (Å²) in [5, 5.41) is 5.55. The van der Waals surface area contributed by atoms with Crippen LogP contribution in [0.1, 0.15) is 41.2 Å².